The fraction of sp³-hybridized carbons (Fsp3) is 0.308. The van der Waals surface area contributed by atoms with Crippen molar-refractivity contribution in [3.05, 3.63) is 80.7 Å². The van der Waals surface area contributed by atoms with Crippen LogP contribution in [-0.2, 0) is 24.2 Å². The number of benzene rings is 2. The molecular formula is C26H27ClN2O3S. The van der Waals surface area contributed by atoms with Gasteiger partial charge in [0.2, 0.25) is 0 Å². The minimum Gasteiger partial charge on any atom is -0.482 e. The Morgan fingerprint density at radius 1 is 1.18 bits per heavy atom. The molecule has 2 N–H and O–H groups in total. The van der Waals surface area contributed by atoms with Gasteiger partial charge in [0.05, 0.1) is 10.6 Å². The van der Waals surface area contributed by atoms with Gasteiger partial charge in [-0.05, 0) is 60.9 Å². The van der Waals surface area contributed by atoms with Crippen molar-refractivity contribution in [3.8, 4) is 5.75 Å². The van der Waals surface area contributed by atoms with E-state index in [0.717, 1.165) is 36.0 Å². The number of carbonyl (C=O) groups is 2. The highest BCUT2D eigenvalue weighted by Gasteiger charge is 2.28. The lowest BCUT2D eigenvalue weighted by Gasteiger charge is -2.18. The molecule has 1 aliphatic carbocycles. The normalized spacial score (nSPS) is 14.9. The fourth-order valence-corrected chi connectivity index (χ4v) is 5.57. The summed E-state index contributed by atoms with van der Waals surface area (Å²) < 4.78 is 5.64. The molecule has 2 aromatic carbocycles. The van der Waals surface area contributed by atoms with E-state index in [1.807, 2.05) is 43.3 Å². The first kappa shape index (κ1) is 23.3. The maximum atomic E-state index is 13.2. The molecule has 33 heavy (non-hydrogen) atoms. The van der Waals surface area contributed by atoms with Crippen molar-refractivity contribution in [2.24, 2.45) is 5.92 Å². The van der Waals surface area contributed by atoms with Gasteiger partial charge in [-0.1, -0.05) is 54.9 Å². The Bertz CT molecular complexity index is 1160. The zero-order valence-corrected chi connectivity index (χ0v) is 20.3. The highest BCUT2D eigenvalue weighted by Crippen LogP contribution is 2.39. The summed E-state index contributed by atoms with van der Waals surface area (Å²) >= 11 is 7.66. The van der Waals surface area contributed by atoms with Crippen molar-refractivity contribution in [2.45, 2.75) is 39.7 Å². The number of hydrogen-bond acceptors (Lipinski definition) is 4. The van der Waals surface area contributed by atoms with Crippen LogP contribution >= 0.6 is 22.9 Å². The zero-order valence-electron chi connectivity index (χ0n) is 18.7. The van der Waals surface area contributed by atoms with E-state index in [0.29, 0.717) is 33.8 Å². The molecule has 7 heteroatoms. The van der Waals surface area contributed by atoms with Gasteiger partial charge in [-0.2, -0.15) is 0 Å². The summed E-state index contributed by atoms with van der Waals surface area (Å²) in [6.45, 7) is 4.40. The maximum Gasteiger partial charge on any atom is 0.262 e. The highest BCUT2D eigenvalue weighted by atomic mass is 35.5. The summed E-state index contributed by atoms with van der Waals surface area (Å²) in [4.78, 5) is 27.1. The lowest BCUT2D eigenvalue weighted by Crippen LogP contribution is -2.26. The quantitative estimate of drug-likeness (QED) is 0.448. The van der Waals surface area contributed by atoms with E-state index in [1.165, 1.54) is 16.2 Å². The molecule has 0 spiro atoms. The van der Waals surface area contributed by atoms with Crippen LogP contribution in [0.4, 0.5) is 5.00 Å². The zero-order chi connectivity index (χ0) is 23.4. The smallest absolute Gasteiger partial charge is 0.262 e. The summed E-state index contributed by atoms with van der Waals surface area (Å²) in [6, 6.07) is 15.2. The Kier molecular flexibility index (Phi) is 7.36. The largest absolute Gasteiger partial charge is 0.482 e. The second-order valence-electron chi connectivity index (χ2n) is 8.49. The van der Waals surface area contributed by atoms with Crippen molar-refractivity contribution in [2.75, 3.05) is 11.9 Å². The Morgan fingerprint density at radius 2 is 1.97 bits per heavy atom. The number of ether oxygens (including phenoxy) is 1. The predicted octanol–water partition coefficient (Wildman–Crippen LogP) is 5.78. The molecule has 0 unspecified atom stereocenters. The number of fused-ring (bicyclic) bond motifs is 1. The van der Waals surface area contributed by atoms with Crippen LogP contribution in [0.1, 0.15) is 45.3 Å². The number of anilines is 1. The first-order valence-electron chi connectivity index (χ1n) is 11.1. The van der Waals surface area contributed by atoms with Gasteiger partial charge in [-0.15, -0.1) is 11.3 Å². The summed E-state index contributed by atoms with van der Waals surface area (Å²) in [5, 5.41) is 6.97. The number of carbonyl (C=O) groups excluding carboxylic acids is 2. The number of nitrogens with one attached hydrogen (secondary N) is 2. The van der Waals surface area contributed by atoms with Crippen LogP contribution in [0.25, 0.3) is 0 Å². The number of thiophene rings is 1. The number of amides is 2. The van der Waals surface area contributed by atoms with E-state index in [-0.39, 0.29) is 18.4 Å². The monoisotopic (exact) mass is 482 g/mol. The average Bonchev–Trinajstić information content (AvgIpc) is 3.15. The molecule has 0 saturated heterocycles. The lowest BCUT2D eigenvalue weighted by molar-refractivity contribution is -0.118. The van der Waals surface area contributed by atoms with E-state index in [2.05, 4.69) is 17.6 Å². The van der Waals surface area contributed by atoms with Crippen LogP contribution < -0.4 is 15.4 Å². The summed E-state index contributed by atoms with van der Waals surface area (Å²) in [5.41, 5.74) is 3.66. The van der Waals surface area contributed by atoms with Crippen LogP contribution in [0, 0.1) is 12.8 Å². The Balaban J connectivity index is 1.50. The van der Waals surface area contributed by atoms with E-state index >= 15 is 0 Å². The standard InChI is InChI=1S/C26H27ClN2O3S/c1-16-9-11-20(27)21(12-16)32-15-23(30)29-26-24(19-10-8-17(2)13-22(19)33-26)25(31)28-14-18-6-4-3-5-7-18/h3-7,9,11-12,17H,8,10,13-15H2,1-2H3,(H,28,31)(H,29,30)/t17-/m1/s1. The Labute approximate surface area is 203 Å². The molecule has 2 amide bonds. The van der Waals surface area contributed by atoms with Crippen molar-refractivity contribution >= 4 is 39.8 Å². The van der Waals surface area contributed by atoms with Crippen molar-refractivity contribution < 1.29 is 14.3 Å². The number of aryl methyl sites for hydroxylation is 1. The molecule has 0 bridgehead atoms. The first-order chi connectivity index (χ1) is 15.9. The molecule has 0 fully saturated rings. The molecule has 3 aromatic rings. The first-order valence-corrected chi connectivity index (χ1v) is 12.3. The van der Waals surface area contributed by atoms with Crippen molar-refractivity contribution in [3.63, 3.8) is 0 Å². The van der Waals surface area contributed by atoms with E-state index in [4.69, 9.17) is 16.3 Å². The van der Waals surface area contributed by atoms with E-state index < -0.39 is 0 Å². The van der Waals surface area contributed by atoms with Gasteiger partial charge >= 0.3 is 0 Å². The second kappa shape index (κ2) is 10.4. The fourth-order valence-electron chi connectivity index (χ4n) is 3.97. The number of halogens is 1. The Hall–Kier alpha value is -2.83. The molecule has 1 heterocycles. The van der Waals surface area contributed by atoms with Crippen molar-refractivity contribution in [1.82, 2.24) is 5.32 Å². The number of rotatable bonds is 7. The molecule has 0 saturated carbocycles. The Morgan fingerprint density at radius 3 is 2.76 bits per heavy atom. The van der Waals surface area contributed by atoms with Crippen LogP contribution in [0.2, 0.25) is 5.02 Å². The van der Waals surface area contributed by atoms with Gasteiger partial charge < -0.3 is 15.4 Å². The molecule has 0 aliphatic heterocycles. The lowest BCUT2D eigenvalue weighted by atomic mass is 9.88. The van der Waals surface area contributed by atoms with Gasteiger partial charge in [0.15, 0.2) is 6.61 Å². The third-order valence-electron chi connectivity index (χ3n) is 5.73. The van der Waals surface area contributed by atoms with Crippen molar-refractivity contribution in [1.29, 1.82) is 0 Å². The minimum atomic E-state index is -0.323. The molecule has 1 aliphatic rings. The third-order valence-corrected chi connectivity index (χ3v) is 7.22. The highest BCUT2D eigenvalue weighted by molar-refractivity contribution is 7.17. The van der Waals surface area contributed by atoms with E-state index in [1.54, 1.807) is 12.1 Å². The average molecular weight is 483 g/mol. The van der Waals surface area contributed by atoms with E-state index in [9.17, 15) is 9.59 Å². The summed E-state index contributed by atoms with van der Waals surface area (Å²) in [6.07, 6.45) is 2.79. The summed E-state index contributed by atoms with van der Waals surface area (Å²) in [7, 11) is 0. The molecule has 1 atom stereocenters. The molecule has 5 nitrogen and oxygen atoms in total. The predicted molar refractivity (Wildman–Crippen MR) is 133 cm³/mol. The van der Waals surface area contributed by atoms with Crippen LogP contribution in [0.5, 0.6) is 5.75 Å². The molecule has 1 aromatic heterocycles. The molecular weight excluding hydrogens is 456 g/mol. The summed E-state index contributed by atoms with van der Waals surface area (Å²) in [5.74, 6) is 0.541. The van der Waals surface area contributed by atoms with Crippen LogP contribution in [0.3, 0.4) is 0 Å². The molecule has 0 radical (unpaired) electrons. The molecule has 4 rings (SSSR count). The molecule has 172 valence electrons. The van der Waals surface area contributed by atoms with Gasteiger partial charge in [-0.25, -0.2) is 0 Å². The van der Waals surface area contributed by atoms with Crippen LogP contribution in [0.15, 0.2) is 48.5 Å². The van der Waals surface area contributed by atoms with Gasteiger partial charge in [0, 0.05) is 11.4 Å². The van der Waals surface area contributed by atoms with Gasteiger partial charge in [0.25, 0.3) is 11.8 Å². The minimum absolute atomic E-state index is 0.163. The topological polar surface area (TPSA) is 67.4 Å². The second-order valence-corrected chi connectivity index (χ2v) is 10.0. The third kappa shape index (κ3) is 5.75. The van der Waals surface area contributed by atoms with Gasteiger partial charge in [0.1, 0.15) is 10.8 Å². The van der Waals surface area contributed by atoms with Gasteiger partial charge in [-0.3, -0.25) is 9.59 Å². The maximum absolute atomic E-state index is 13.2. The SMILES string of the molecule is Cc1ccc(Cl)c(OCC(=O)Nc2sc3c(c2C(=O)NCc2ccccc2)CC[C@@H](C)C3)c1. The van der Waals surface area contributed by atoms with Crippen LogP contribution in [-0.4, -0.2) is 18.4 Å². The number of hydrogen-bond donors (Lipinski definition) is 2.